The van der Waals surface area contributed by atoms with Crippen molar-refractivity contribution in [3.63, 3.8) is 0 Å². The number of carboxylic acid groups (broad SMARTS) is 1. The Balaban J connectivity index is 1.83. The largest absolute Gasteiger partial charge is 0.478 e. The number of nitrogens with one attached hydrogen (secondary N) is 1. The molecule has 2 aromatic rings. The van der Waals surface area contributed by atoms with Crippen molar-refractivity contribution in [2.24, 2.45) is 0 Å². The number of ether oxygens (including phenoxy) is 1. The number of aliphatic hydroxyl groups excluding tert-OH is 2. The molecular formula is C20H23NO6. The van der Waals surface area contributed by atoms with Gasteiger partial charge in [0, 0.05) is 6.54 Å². The first-order valence-electron chi connectivity index (χ1n) is 8.53. The third-order valence-electron chi connectivity index (χ3n) is 4.04. The zero-order valence-corrected chi connectivity index (χ0v) is 15.0. The van der Waals surface area contributed by atoms with Crippen LogP contribution < -0.4 is 5.32 Å². The van der Waals surface area contributed by atoms with Gasteiger partial charge in [0.1, 0.15) is 12.7 Å². The fraction of sp³-hybridized carbons (Fsp3) is 0.300. The molecular weight excluding hydrogens is 350 g/mol. The van der Waals surface area contributed by atoms with Crippen LogP contribution in [0.2, 0.25) is 0 Å². The van der Waals surface area contributed by atoms with Gasteiger partial charge in [0.2, 0.25) is 0 Å². The summed E-state index contributed by atoms with van der Waals surface area (Å²) in [4.78, 5) is 23.0. The maximum absolute atomic E-state index is 11.7. The molecule has 0 aliphatic rings. The van der Waals surface area contributed by atoms with Gasteiger partial charge in [-0.15, -0.1) is 0 Å². The summed E-state index contributed by atoms with van der Waals surface area (Å²) in [7, 11) is 0. The van der Waals surface area contributed by atoms with Crippen molar-refractivity contribution in [2.75, 3.05) is 6.54 Å². The number of carboxylic acids is 1. The minimum absolute atomic E-state index is 0.0363. The van der Waals surface area contributed by atoms with Gasteiger partial charge in [-0.3, -0.25) is 0 Å². The Kier molecular flexibility index (Phi) is 7.34. The zero-order chi connectivity index (χ0) is 19.8. The molecule has 0 saturated heterocycles. The van der Waals surface area contributed by atoms with Crippen molar-refractivity contribution >= 4 is 12.1 Å². The number of hydrogen-bond donors (Lipinski definition) is 4. The summed E-state index contributed by atoms with van der Waals surface area (Å²) in [6.45, 7) is 1.96. The first-order chi connectivity index (χ1) is 12.9. The summed E-state index contributed by atoms with van der Waals surface area (Å²) < 4.78 is 5.05. The number of amides is 1. The Morgan fingerprint density at radius 3 is 2.48 bits per heavy atom. The maximum atomic E-state index is 11.7. The van der Waals surface area contributed by atoms with E-state index < -0.39 is 24.3 Å². The summed E-state index contributed by atoms with van der Waals surface area (Å²) >= 11 is 0. The summed E-state index contributed by atoms with van der Waals surface area (Å²) in [6, 6.07) is 13.7. The molecule has 0 aromatic heterocycles. The number of carbonyl (C=O) groups excluding carboxylic acids is 1. The van der Waals surface area contributed by atoms with Gasteiger partial charge in [0.05, 0.1) is 11.7 Å². The molecule has 4 N–H and O–H groups in total. The lowest BCUT2D eigenvalue weighted by atomic mass is 9.95. The molecule has 27 heavy (non-hydrogen) atoms. The monoisotopic (exact) mass is 373 g/mol. The van der Waals surface area contributed by atoms with Crippen LogP contribution in [-0.2, 0) is 11.3 Å². The van der Waals surface area contributed by atoms with Crippen molar-refractivity contribution in [1.82, 2.24) is 5.32 Å². The van der Waals surface area contributed by atoms with E-state index in [0.717, 1.165) is 11.1 Å². The second-order valence-electron chi connectivity index (χ2n) is 6.19. The number of alkyl carbamates (subject to hydrolysis) is 1. The van der Waals surface area contributed by atoms with Crippen LogP contribution in [0.3, 0.4) is 0 Å². The van der Waals surface area contributed by atoms with Crippen LogP contribution in [0.1, 0.15) is 39.6 Å². The molecule has 144 valence electrons. The highest BCUT2D eigenvalue weighted by molar-refractivity contribution is 5.89. The van der Waals surface area contributed by atoms with Crippen LogP contribution in [0.5, 0.6) is 0 Å². The van der Waals surface area contributed by atoms with E-state index in [9.17, 15) is 24.9 Å². The molecule has 0 radical (unpaired) electrons. The molecule has 0 aliphatic heterocycles. The number of rotatable bonds is 8. The Bertz CT molecular complexity index is 777. The van der Waals surface area contributed by atoms with Crippen LogP contribution >= 0.6 is 0 Å². The summed E-state index contributed by atoms with van der Waals surface area (Å²) in [5, 5.41) is 32.2. The average Bonchev–Trinajstić information content (AvgIpc) is 2.66. The minimum Gasteiger partial charge on any atom is -0.478 e. The lowest BCUT2D eigenvalue weighted by Crippen LogP contribution is -2.30. The Hall–Kier alpha value is -2.90. The fourth-order valence-corrected chi connectivity index (χ4v) is 2.58. The highest BCUT2D eigenvalue weighted by atomic mass is 16.5. The third-order valence-corrected chi connectivity index (χ3v) is 4.04. The minimum atomic E-state index is -1.38. The molecule has 0 aliphatic carbocycles. The SMILES string of the molecule is Cc1ccc(C(=O)O)c(C(O)C(O)CCNC(=O)OCc2ccccc2)c1. The van der Waals surface area contributed by atoms with E-state index in [2.05, 4.69) is 5.32 Å². The van der Waals surface area contributed by atoms with Crippen LogP contribution in [0.4, 0.5) is 4.79 Å². The smallest absolute Gasteiger partial charge is 0.407 e. The predicted octanol–water partition coefficient (Wildman–Crippen LogP) is 2.40. The van der Waals surface area contributed by atoms with E-state index in [0.29, 0.717) is 0 Å². The number of hydrogen-bond acceptors (Lipinski definition) is 5. The van der Waals surface area contributed by atoms with E-state index in [1.54, 1.807) is 13.0 Å². The summed E-state index contributed by atoms with van der Waals surface area (Å²) in [5.41, 5.74) is 1.69. The second kappa shape index (κ2) is 9.70. The highest BCUT2D eigenvalue weighted by Crippen LogP contribution is 2.24. The fourth-order valence-electron chi connectivity index (χ4n) is 2.58. The lowest BCUT2D eigenvalue weighted by Gasteiger charge is -2.20. The number of aliphatic hydroxyl groups is 2. The van der Waals surface area contributed by atoms with Gasteiger partial charge in [0.25, 0.3) is 0 Å². The number of benzene rings is 2. The van der Waals surface area contributed by atoms with E-state index in [1.165, 1.54) is 12.1 Å². The van der Waals surface area contributed by atoms with E-state index >= 15 is 0 Å². The lowest BCUT2D eigenvalue weighted by molar-refractivity contribution is 0.0127. The van der Waals surface area contributed by atoms with Crippen LogP contribution in [0.15, 0.2) is 48.5 Å². The third kappa shape index (κ3) is 6.09. The molecule has 0 spiro atoms. The normalized spacial score (nSPS) is 12.9. The average molecular weight is 373 g/mol. The van der Waals surface area contributed by atoms with Crippen molar-refractivity contribution in [1.29, 1.82) is 0 Å². The molecule has 2 rings (SSSR count). The molecule has 0 bridgehead atoms. The molecule has 1 amide bonds. The van der Waals surface area contributed by atoms with Crippen LogP contribution in [0, 0.1) is 6.92 Å². The molecule has 0 fully saturated rings. The van der Waals surface area contributed by atoms with Crippen molar-refractivity contribution in [3.05, 3.63) is 70.8 Å². The molecule has 2 unspecified atom stereocenters. The number of carbonyl (C=O) groups is 2. The van der Waals surface area contributed by atoms with E-state index in [4.69, 9.17) is 4.74 Å². The quantitative estimate of drug-likeness (QED) is 0.565. The Morgan fingerprint density at radius 1 is 1.11 bits per heavy atom. The Morgan fingerprint density at radius 2 is 1.81 bits per heavy atom. The van der Waals surface area contributed by atoms with Gasteiger partial charge in [-0.1, -0.05) is 48.0 Å². The molecule has 7 heteroatoms. The first kappa shape index (κ1) is 20.4. The van der Waals surface area contributed by atoms with Gasteiger partial charge >= 0.3 is 12.1 Å². The molecule has 7 nitrogen and oxygen atoms in total. The highest BCUT2D eigenvalue weighted by Gasteiger charge is 2.23. The van der Waals surface area contributed by atoms with Gasteiger partial charge in [-0.05, 0) is 30.5 Å². The van der Waals surface area contributed by atoms with Gasteiger partial charge in [0.15, 0.2) is 0 Å². The Labute approximate surface area is 157 Å². The number of aryl methyl sites for hydroxylation is 1. The topological polar surface area (TPSA) is 116 Å². The van der Waals surface area contributed by atoms with Gasteiger partial charge in [-0.25, -0.2) is 9.59 Å². The van der Waals surface area contributed by atoms with Crippen molar-refractivity contribution in [3.8, 4) is 0 Å². The first-order valence-corrected chi connectivity index (χ1v) is 8.53. The predicted molar refractivity (Wildman–Crippen MR) is 98.4 cm³/mol. The van der Waals surface area contributed by atoms with Crippen LogP contribution in [0.25, 0.3) is 0 Å². The van der Waals surface area contributed by atoms with Gasteiger partial charge < -0.3 is 25.4 Å². The molecule has 2 atom stereocenters. The number of aromatic carboxylic acids is 1. The zero-order valence-electron chi connectivity index (χ0n) is 15.0. The molecule has 2 aromatic carbocycles. The second-order valence-corrected chi connectivity index (χ2v) is 6.19. The standard InChI is InChI=1S/C20H23NO6/c1-13-7-8-15(19(24)25)16(11-13)18(23)17(22)9-10-21-20(26)27-12-14-5-3-2-4-6-14/h2-8,11,17-18,22-23H,9-10,12H2,1H3,(H,21,26)(H,24,25). The van der Waals surface area contributed by atoms with E-state index in [-0.39, 0.29) is 30.7 Å². The van der Waals surface area contributed by atoms with E-state index in [1.807, 2.05) is 30.3 Å². The summed E-state index contributed by atoms with van der Waals surface area (Å²) in [5.74, 6) is -1.18. The van der Waals surface area contributed by atoms with Crippen molar-refractivity contribution in [2.45, 2.75) is 32.2 Å². The molecule has 0 heterocycles. The van der Waals surface area contributed by atoms with Crippen molar-refractivity contribution < 1.29 is 29.6 Å². The maximum Gasteiger partial charge on any atom is 0.407 e. The molecule has 0 saturated carbocycles. The van der Waals surface area contributed by atoms with Gasteiger partial charge in [-0.2, -0.15) is 0 Å². The van der Waals surface area contributed by atoms with Crippen LogP contribution in [-0.4, -0.2) is 40.0 Å². The summed E-state index contributed by atoms with van der Waals surface area (Å²) in [6.07, 6.45) is -3.21.